The van der Waals surface area contributed by atoms with Crippen molar-refractivity contribution >= 4 is 34.8 Å². The normalized spacial score (nSPS) is 17.5. The number of carbonyl (C=O) groups is 2. The molecule has 6 nitrogen and oxygen atoms in total. The van der Waals surface area contributed by atoms with Gasteiger partial charge in [0.1, 0.15) is 11.4 Å². The van der Waals surface area contributed by atoms with Gasteiger partial charge in [0.2, 0.25) is 0 Å². The number of amides is 2. The molecule has 1 saturated heterocycles. The summed E-state index contributed by atoms with van der Waals surface area (Å²) in [6.45, 7) is 1.43. The molecule has 2 amide bonds. The highest BCUT2D eigenvalue weighted by Gasteiger charge is 2.36. The summed E-state index contributed by atoms with van der Waals surface area (Å²) in [6.07, 6.45) is 3.20. The first-order chi connectivity index (χ1) is 14.0. The fourth-order valence-corrected chi connectivity index (χ4v) is 3.83. The SMILES string of the molecule is COc1ccc(NC2CCN(C3=CC(=O)N(c4ccc(Cl)cc4)C3=O)CC2)cc1. The van der Waals surface area contributed by atoms with E-state index in [9.17, 15) is 9.59 Å². The first-order valence-corrected chi connectivity index (χ1v) is 9.94. The molecule has 0 unspecified atom stereocenters. The lowest BCUT2D eigenvalue weighted by atomic mass is 10.0. The van der Waals surface area contributed by atoms with Crippen LogP contribution in [-0.4, -0.2) is 43.0 Å². The number of rotatable bonds is 5. The van der Waals surface area contributed by atoms with Crippen LogP contribution in [0, 0.1) is 0 Å². The van der Waals surface area contributed by atoms with Crippen molar-refractivity contribution in [2.24, 2.45) is 0 Å². The van der Waals surface area contributed by atoms with Gasteiger partial charge in [0.25, 0.3) is 11.8 Å². The number of likely N-dealkylation sites (tertiary alicyclic amines) is 1. The van der Waals surface area contributed by atoms with Gasteiger partial charge in [-0.3, -0.25) is 9.59 Å². The number of nitrogens with zero attached hydrogens (tertiary/aromatic N) is 2. The molecular weight excluding hydrogens is 390 g/mol. The first kappa shape index (κ1) is 19.3. The summed E-state index contributed by atoms with van der Waals surface area (Å²) in [5.41, 5.74) is 2.05. The third-order valence-corrected chi connectivity index (χ3v) is 5.54. The number of nitrogens with one attached hydrogen (secondary N) is 1. The Hall–Kier alpha value is -2.99. The number of ether oxygens (including phenoxy) is 1. The molecule has 1 N–H and O–H groups in total. The Morgan fingerprint density at radius 1 is 1.00 bits per heavy atom. The predicted molar refractivity (Wildman–Crippen MR) is 113 cm³/mol. The third-order valence-electron chi connectivity index (χ3n) is 5.28. The third kappa shape index (κ3) is 4.07. The lowest BCUT2D eigenvalue weighted by Gasteiger charge is -2.34. The van der Waals surface area contributed by atoms with Gasteiger partial charge < -0.3 is 15.0 Å². The average Bonchev–Trinajstić information content (AvgIpc) is 3.04. The Morgan fingerprint density at radius 3 is 2.28 bits per heavy atom. The molecule has 1 fully saturated rings. The second kappa shape index (κ2) is 8.17. The molecule has 29 heavy (non-hydrogen) atoms. The highest BCUT2D eigenvalue weighted by molar-refractivity contribution is 6.32. The largest absolute Gasteiger partial charge is 0.497 e. The zero-order valence-electron chi connectivity index (χ0n) is 16.1. The van der Waals surface area contributed by atoms with Gasteiger partial charge in [-0.15, -0.1) is 0 Å². The summed E-state index contributed by atoms with van der Waals surface area (Å²) < 4.78 is 5.18. The molecule has 0 aliphatic carbocycles. The van der Waals surface area contributed by atoms with E-state index in [1.54, 1.807) is 31.4 Å². The van der Waals surface area contributed by atoms with E-state index in [1.165, 1.54) is 11.0 Å². The number of halogens is 1. The maximum Gasteiger partial charge on any atom is 0.281 e. The smallest absolute Gasteiger partial charge is 0.281 e. The molecule has 0 saturated carbocycles. The van der Waals surface area contributed by atoms with Crippen molar-refractivity contribution in [2.75, 3.05) is 30.4 Å². The number of carbonyl (C=O) groups excluding carboxylic acids is 2. The van der Waals surface area contributed by atoms with Crippen LogP contribution in [-0.2, 0) is 9.59 Å². The molecule has 0 aromatic heterocycles. The molecular formula is C22H22ClN3O3. The molecule has 2 aliphatic rings. The number of piperidine rings is 1. The Bertz CT molecular complexity index is 933. The molecule has 2 aromatic carbocycles. The van der Waals surface area contributed by atoms with Crippen LogP contribution in [0.1, 0.15) is 12.8 Å². The van der Waals surface area contributed by atoms with Crippen LogP contribution in [0.15, 0.2) is 60.3 Å². The molecule has 0 atom stereocenters. The van der Waals surface area contributed by atoms with Crippen molar-refractivity contribution in [2.45, 2.75) is 18.9 Å². The van der Waals surface area contributed by atoms with Gasteiger partial charge in [-0.2, -0.15) is 0 Å². The zero-order valence-corrected chi connectivity index (χ0v) is 16.9. The Balaban J connectivity index is 1.37. The van der Waals surface area contributed by atoms with Crippen LogP contribution in [0.5, 0.6) is 5.75 Å². The minimum absolute atomic E-state index is 0.279. The Kier molecular flexibility index (Phi) is 5.45. The Morgan fingerprint density at radius 2 is 1.66 bits per heavy atom. The lowest BCUT2D eigenvalue weighted by Crippen LogP contribution is -2.41. The van der Waals surface area contributed by atoms with E-state index >= 15 is 0 Å². The van der Waals surface area contributed by atoms with E-state index in [0.717, 1.165) is 24.3 Å². The summed E-state index contributed by atoms with van der Waals surface area (Å²) in [5.74, 6) is 0.233. The highest BCUT2D eigenvalue weighted by atomic mass is 35.5. The fourth-order valence-electron chi connectivity index (χ4n) is 3.71. The number of anilines is 2. The molecule has 150 valence electrons. The van der Waals surface area contributed by atoms with Gasteiger partial charge in [-0.1, -0.05) is 11.6 Å². The second-order valence-corrected chi connectivity index (χ2v) is 7.56. The van der Waals surface area contributed by atoms with Gasteiger partial charge in [0.05, 0.1) is 12.8 Å². The van der Waals surface area contributed by atoms with Gasteiger partial charge >= 0.3 is 0 Å². The van der Waals surface area contributed by atoms with E-state index in [2.05, 4.69) is 5.32 Å². The summed E-state index contributed by atoms with van der Waals surface area (Å²) in [4.78, 5) is 28.5. The predicted octanol–water partition coefficient (Wildman–Crippen LogP) is 3.68. The van der Waals surface area contributed by atoms with Crippen LogP contribution < -0.4 is 15.0 Å². The highest BCUT2D eigenvalue weighted by Crippen LogP contribution is 2.28. The van der Waals surface area contributed by atoms with E-state index in [-0.39, 0.29) is 11.8 Å². The van der Waals surface area contributed by atoms with Crippen LogP contribution in [0.4, 0.5) is 11.4 Å². The number of methoxy groups -OCH3 is 1. The maximum absolute atomic E-state index is 12.9. The summed E-state index contributed by atoms with van der Waals surface area (Å²) >= 11 is 5.91. The van der Waals surface area contributed by atoms with Crippen molar-refractivity contribution in [3.8, 4) is 5.75 Å². The van der Waals surface area contributed by atoms with E-state index in [4.69, 9.17) is 16.3 Å². The molecule has 4 rings (SSSR count). The lowest BCUT2D eigenvalue weighted by molar-refractivity contribution is -0.121. The van der Waals surface area contributed by atoms with E-state index < -0.39 is 0 Å². The van der Waals surface area contributed by atoms with Crippen LogP contribution >= 0.6 is 11.6 Å². The summed E-state index contributed by atoms with van der Waals surface area (Å²) in [5, 5.41) is 4.09. The Labute approximate surface area is 174 Å². The fraction of sp³-hybridized carbons (Fsp3) is 0.273. The van der Waals surface area contributed by atoms with Crippen molar-refractivity contribution in [3.63, 3.8) is 0 Å². The number of hydrogen-bond donors (Lipinski definition) is 1. The van der Waals surface area contributed by atoms with Gasteiger partial charge in [0, 0.05) is 35.9 Å². The zero-order chi connectivity index (χ0) is 20.4. The minimum Gasteiger partial charge on any atom is -0.497 e. The average molecular weight is 412 g/mol. The standard InChI is InChI=1S/C22H22ClN3O3/c1-29-19-8-4-16(5-9-19)24-17-10-12-25(13-11-17)20-14-21(27)26(22(20)28)18-6-2-15(23)3-7-18/h2-9,14,17,24H,10-13H2,1H3. The quantitative estimate of drug-likeness (QED) is 0.760. The number of hydrogen-bond acceptors (Lipinski definition) is 5. The van der Waals surface area contributed by atoms with Crippen molar-refractivity contribution in [1.29, 1.82) is 0 Å². The molecule has 0 bridgehead atoms. The molecule has 2 heterocycles. The van der Waals surface area contributed by atoms with E-state index in [0.29, 0.717) is 35.5 Å². The van der Waals surface area contributed by atoms with Crippen LogP contribution in [0.3, 0.4) is 0 Å². The van der Waals surface area contributed by atoms with Crippen LogP contribution in [0.25, 0.3) is 0 Å². The monoisotopic (exact) mass is 411 g/mol. The van der Waals surface area contributed by atoms with Gasteiger partial charge in [-0.05, 0) is 61.4 Å². The van der Waals surface area contributed by atoms with E-state index in [1.807, 2.05) is 29.2 Å². The number of benzene rings is 2. The molecule has 0 spiro atoms. The molecule has 2 aromatic rings. The maximum atomic E-state index is 12.9. The van der Waals surface area contributed by atoms with Crippen molar-refractivity contribution in [3.05, 3.63) is 65.3 Å². The first-order valence-electron chi connectivity index (χ1n) is 9.56. The molecule has 2 aliphatic heterocycles. The van der Waals surface area contributed by atoms with Gasteiger partial charge in [-0.25, -0.2) is 4.90 Å². The molecule has 7 heteroatoms. The minimum atomic E-state index is -0.314. The number of imide groups is 1. The van der Waals surface area contributed by atoms with Crippen molar-refractivity contribution < 1.29 is 14.3 Å². The topological polar surface area (TPSA) is 61.9 Å². The van der Waals surface area contributed by atoms with Crippen molar-refractivity contribution in [1.82, 2.24) is 4.90 Å². The summed E-state index contributed by atoms with van der Waals surface area (Å²) in [7, 11) is 1.65. The summed E-state index contributed by atoms with van der Waals surface area (Å²) in [6, 6.07) is 14.9. The molecule has 0 radical (unpaired) electrons. The van der Waals surface area contributed by atoms with Gasteiger partial charge in [0.15, 0.2) is 0 Å². The second-order valence-electron chi connectivity index (χ2n) is 7.12. The van der Waals surface area contributed by atoms with Crippen LogP contribution in [0.2, 0.25) is 5.02 Å².